The number of nitrogens with two attached hydrogens (primary N) is 1. The molecule has 0 radical (unpaired) electrons. The van der Waals surface area contributed by atoms with Gasteiger partial charge in [0.1, 0.15) is 6.10 Å². The zero-order valence-corrected chi connectivity index (χ0v) is 16.7. The molecule has 0 saturated carbocycles. The molecule has 2 amide bonds. The van der Waals surface area contributed by atoms with Crippen LogP contribution >= 0.6 is 11.3 Å². The maximum Gasteiger partial charge on any atom is 0.251 e. The van der Waals surface area contributed by atoms with Crippen LogP contribution in [-0.4, -0.2) is 42.5 Å². The number of thiophene rings is 1. The van der Waals surface area contributed by atoms with E-state index in [1.54, 1.807) is 16.2 Å². The first-order valence-corrected chi connectivity index (χ1v) is 10.8. The number of likely N-dealkylation sites (tertiary alicyclic amines) is 1. The third kappa shape index (κ3) is 3.71. The molecule has 2 aliphatic heterocycles. The molecule has 148 valence electrons. The molecule has 2 aromatic rings. The number of hydrogen-bond donors (Lipinski definition) is 1. The molecule has 0 spiro atoms. The molecule has 4 rings (SSSR count). The molecule has 2 saturated heterocycles. The molecule has 2 aliphatic rings. The number of carbonyl (C=O) groups excluding carboxylic acids is 2. The minimum atomic E-state index is -0.736. The number of nitrogens with zero attached hydrogens (tertiary/aromatic N) is 1. The standard InChI is InChI=1S/C22H26N2O3S/c23-21(26)22(10-5-11-24(15-22)20(25)18-8-3-12-27-18)14-16-6-1-2-7-17(16)19-9-4-13-28-19/h1-2,4,6-7,9,13,18H,3,5,8,10-12,14-15H2,(H2,23,26)/t18-,22-/m1/s1. The summed E-state index contributed by atoms with van der Waals surface area (Å²) in [6.45, 7) is 1.68. The van der Waals surface area contributed by atoms with Crippen LogP contribution in [0.1, 0.15) is 31.2 Å². The number of benzene rings is 1. The normalized spacial score (nSPS) is 25.0. The highest BCUT2D eigenvalue weighted by Gasteiger charge is 2.44. The highest BCUT2D eigenvalue weighted by Crippen LogP contribution is 2.38. The first-order valence-electron chi connectivity index (χ1n) is 9.91. The summed E-state index contributed by atoms with van der Waals surface area (Å²) in [5.41, 5.74) is 7.44. The van der Waals surface area contributed by atoms with Gasteiger partial charge in [-0.15, -0.1) is 11.3 Å². The van der Waals surface area contributed by atoms with Crippen molar-refractivity contribution in [3.05, 3.63) is 47.3 Å². The fraction of sp³-hybridized carbons (Fsp3) is 0.455. The summed E-state index contributed by atoms with van der Waals surface area (Å²) in [5.74, 6) is -0.312. The third-order valence-corrected chi connectivity index (χ3v) is 6.85. The minimum Gasteiger partial charge on any atom is -0.369 e. The van der Waals surface area contributed by atoms with E-state index in [-0.39, 0.29) is 17.9 Å². The van der Waals surface area contributed by atoms with Crippen molar-refractivity contribution in [2.75, 3.05) is 19.7 Å². The SMILES string of the molecule is NC(=O)[C@@]1(Cc2ccccc2-c2cccs2)CCCN(C(=O)[C@H]2CCCO2)C1. The van der Waals surface area contributed by atoms with Gasteiger partial charge in [-0.25, -0.2) is 0 Å². The summed E-state index contributed by atoms with van der Waals surface area (Å²) >= 11 is 1.68. The lowest BCUT2D eigenvalue weighted by atomic mass is 9.73. The van der Waals surface area contributed by atoms with Crippen molar-refractivity contribution < 1.29 is 14.3 Å². The highest BCUT2D eigenvalue weighted by molar-refractivity contribution is 7.13. The molecule has 2 atom stereocenters. The van der Waals surface area contributed by atoms with E-state index in [1.807, 2.05) is 18.2 Å². The molecular formula is C22H26N2O3S. The maximum absolute atomic E-state index is 12.9. The van der Waals surface area contributed by atoms with Crippen molar-refractivity contribution in [2.24, 2.45) is 11.1 Å². The van der Waals surface area contributed by atoms with Gasteiger partial charge in [-0.05, 0) is 54.7 Å². The molecular weight excluding hydrogens is 372 g/mol. The van der Waals surface area contributed by atoms with E-state index in [2.05, 4.69) is 23.6 Å². The van der Waals surface area contributed by atoms with E-state index >= 15 is 0 Å². The van der Waals surface area contributed by atoms with E-state index in [1.165, 1.54) is 4.88 Å². The number of rotatable bonds is 5. The van der Waals surface area contributed by atoms with Crippen LogP contribution in [0.2, 0.25) is 0 Å². The second-order valence-electron chi connectivity index (χ2n) is 7.82. The van der Waals surface area contributed by atoms with Crippen LogP contribution in [0.4, 0.5) is 0 Å². The maximum atomic E-state index is 12.9. The van der Waals surface area contributed by atoms with Gasteiger partial charge in [0.05, 0.1) is 5.41 Å². The Kier molecular flexibility index (Phi) is 5.51. The molecule has 28 heavy (non-hydrogen) atoms. The summed E-state index contributed by atoms with van der Waals surface area (Å²) in [7, 11) is 0. The summed E-state index contributed by atoms with van der Waals surface area (Å²) in [5, 5.41) is 2.05. The van der Waals surface area contributed by atoms with Crippen molar-refractivity contribution in [3.63, 3.8) is 0 Å². The average molecular weight is 399 g/mol. The van der Waals surface area contributed by atoms with E-state index in [9.17, 15) is 9.59 Å². The van der Waals surface area contributed by atoms with Crippen LogP contribution in [0.25, 0.3) is 10.4 Å². The Morgan fingerprint density at radius 3 is 2.79 bits per heavy atom. The van der Waals surface area contributed by atoms with Crippen LogP contribution in [0.3, 0.4) is 0 Å². The van der Waals surface area contributed by atoms with Crippen molar-refractivity contribution >= 4 is 23.2 Å². The minimum absolute atomic E-state index is 0.00867. The van der Waals surface area contributed by atoms with Crippen molar-refractivity contribution in [1.29, 1.82) is 0 Å². The van der Waals surface area contributed by atoms with Gasteiger partial charge >= 0.3 is 0 Å². The Balaban J connectivity index is 1.60. The number of amides is 2. The molecule has 6 heteroatoms. The van der Waals surface area contributed by atoms with E-state index in [4.69, 9.17) is 10.5 Å². The zero-order valence-electron chi connectivity index (χ0n) is 15.9. The van der Waals surface area contributed by atoms with Crippen LogP contribution < -0.4 is 5.73 Å². The van der Waals surface area contributed by atoms with Gasteiger partial charge in [-0.1, -0.05) is 30.3 Å². The number of carbonyl (C=O) groups is 2. The topological polar surface area (TPSA) is 72.6 Å². The molecule has 1 aromatic heterocycles. The molecule has 2 fully saturated rings. The predicted octanol–water partition coefficient (Wildman–Crippen LogP) is 3.23. The lowest BCUT2D eigenvalue weighted by molar-refractivity contribution is -0.147. The molecule has 3 heterocycles. The quantitative estimate of drug-likeness (QED) is 0.840. The number of primary amides is 1. The first-order chi connectivity index (χ1) is 13.6. The Morgan fingerprint density at radius 1 is 1.21 bits per heavy atom. The molecule has 0 bridgehead atoms. The number of ether oxygens (including phenoxy) is 1. The predicted molar refractivity (Wildman–Crippen MR) is 110 cm³/mol. The van der Waals surface area contributed by atoms with Gasteiger partial charge in [0.15, 0.2) is 0 Å². The van der Waals surface area contributed by atoms with Crippen molar-refractivity contribution in [3.8, 4) is 10.4 Å². The largest absolute Gasteiger partial charge is 0.369 e. The van der Waals surface area contributed by atoms with Gasteiger partial charge in [0.2, 0.25) is 5.91 Å². The monoisotopic (exact) mass is 398 g/mol. The fourth-order valence-electron chi connectivity index (χ4n) is 4.44. The first kappa shape index (κ1) is 19.2. The second kappa shape index (κ2) is 8.05. The lowest BCUT2D eigenvalue weighted by Gasteiger charge is -2.41. The summed E-state index contributed by atoms with van der Waals surface area (Å²) in [6, 6.07) is 12.3. The lowest BCUT2D eigenvalue weighted by Crippen LogP contribution is -2.55. The zero-order chi connectivity index (χ0) is 19.6. The van der Waals surface area contributed by atoms with E-state index in [0.717, 1.165) is 30.4 Å². The highest BCUT2D eigenvalue weighted by atomic mass is 32.1. The number of hydrogen-bond acceptors (Lipinski definition) is 4. The summed E-state index contributed by atoms with van der Waals surface area (Å²) in [6.07, 6.45) is 3.35. The molecule has 0 unspecified atom stereocenters. The van der Waals surface area contributed by atoms with Crippen molar-refractivity contribution in [2.45, 2.75) is 38.2 Å². The second-order valence-corrected chi connectivity index (χ2v) is 8.77. The molecule has 5 nitrogen and oxygen atoms in total. The van der Waals surface area contributed by atoms with Crippen molar-refractivity contribution in [1.82, 2.24) is 4.90 Å². The van der Waals surface area contributed by atoms with Gasteiger partial charge in [0.25, 0.3) is 5.91 Å². The van der Waals surface area contributed by atoms with Crippen LogP contribution in [0.5, 0.6) is 0 Å². The van der Waals surface area contributed by atoms with Crippen LogP contribution in [-0.2, 0) is 20.7 Å². The Bertz CT molecular complexity index is 845. The Hall–Kier alpha value is -2.18. The summed E-state index contributed by atoms with van der Waals surface area (Å²) < 4.78 is 5.58. The fourth-order valence-corrected chi connectivity index (χ4v) is 5.23. The van der Waals surface area contributed by atoms with Gasteiger partial charge in [0, 0.05) is 24.6 Å². The van der Waals surface area contributed by atoms with E-state index < -0.39 is 5.41 Å². The molecule has 2 N–H and O–H groups in total. The third-order valence-electron chi connectivity index (χ3n) is 5.95. The van der Waals surface area contributed by atoms with Gasteiger partial charge in [-0.2, -0.15) is 0 Å². The van der Waals surface area contributed by atoms with Gasteiger partial charge in [-0.3, -0.25) is 9.59 Å². The Labute approximate surface area is 169 Å². The Morgan fingerprint density at radius 2 is 2.07 bits per heavy atom. The molecule has 0 aliphatic carbocycles. The molecule has 1 aromatic carbocycles. The van der Waals surface area contributed by atoms with Gasteiger partial charge < -0.3 is 15.4 Å². The summed E-state index contributed by atoms with van der Waals surface area (Å²) in [4.78, 5) is 28.5. The number of piperidine rings is 1. The smallest absolute Gasteiger partial charge is 0.251 e. The average Bonchev–Trinajstić information content (AvgIpc) is 3.42. The van der Waals surface area contributed by atoms with E-state index in [0.29, 0.717) is 32.5 Å². The van der Waals surface area contributed by atoms with Crippen LogP contribution in [0.15, 0.2) is 41.8 Å². The van der Waals surface area contributed by atoms with Crippen LogP contribution in [0, 0.1) is 5.41 Å².